The molecule has 0 bridgehead atoms. The summed E-state index contributed by atoms with van der Waals surface area (Å²) in [6.45, 7) is 5.73. The van der Waals surface area contributed by atoms with Crippen molar-refractivity contribution in [2.45, 2.75) is 26.4 Å². The van der Waals surface area contributed by atoms with E-state index in [-0.39, 0.29) is 5.60 Å². The van der Waals surface area contributed by atoms with E-state index in [1.165, 1.54) is 0 Å². The summed E-state index contributed by atoms with van der Waals surface area (Å²) in [6, 6.07) is 0. The van der Waals surface area contributed by atoms with Gasteiger partial charge in [-0.25, -0.2) is 0 Å². The molecule has 0 spiro atoms. The number of terminal acetylenes is 1. The molecular weight excluding hydrogens is 88.1 g/mol. The van der Waals surface area contributed by atoms with Gasteiger partial charge in [-0.3, -0.25) is 0 Å². The van der Waals surface area contributed by atoms with Crippen LogP contribution >= 0.6 is 0 Å². The molecule has 0 saturated carbocycles. The Bertz CT molecular complexity index is 81.3. The first-order valence-corrected chi connectivity index (χ1v) is 2.20. The van der Waals surface area contributed by atoms with E-state index in [1.54, 1.807) is 0 Å². The smallest absolute Gasteiger partial charge is 0.112 e. The maximum absolute atomic E-state index is 4.84. The second kappa shape index (κ2) is 1.88. The molecule has 0 aromatic carbocycles. The molecule has 7 heavy (non-hydrogen) atoms. The van der Waals surface area contributed by atoms with E-state index >= 15 is 0 Å². The van der Waals surface area contributed by atoms with E-state index in [0.29, 0.717) is 0 Å². The highest BCUT2D eigenvalue weighted by Crippen LogP contribution is 2.03. The first kappa shape index (κ1) is 6.36. The van der Waals surface area contributed by atoms with E-state index in [1.807, 2.05) is 20.8 Å². The molecule has 0 saturated heterocycles. The van der Waals surface area contributed by atoms with E-state index in [9.17, 15) is 0 Å². The maximum Gasteiger partial charge on any atom is 0.112 e. The van der Waals surface area contributed by atoms with Crippen LogP contribution in [0.4, 0.5) is 0 Å². The number of ether oxygens (including phenoxy) is 1. The summed E-state index contributed by atoms with van der Waals surface area (Å²) >= 11 is 0. The van der Waals surface area contributed by atoms with Gasteiger partial charge in [0.2, 0.25) is 0 Å². The number of rotatable bonds is 0. The second-order valence-corrected chi connectivity index (χ2v) is 2.33. The first-order valence-electron chi connectivity index (χ1n) is 2.20. The van der Waals surface area contributed by atoms with Gasteiger partial charge in [0.1, 0.15) is 11.7 Å². The monoisotopic (exact) mass is 98.1 g/mol. The van der Waals surface area contributed by atoms with Gasteiger partial charge in [-0.05, 0) is 20.8 Å². The zero-order valence-corrected chi connectivity index (χ0v) is 4.99. The largest absolute Gasteiger partial charge is 0.441 e. The van der Waals surface area contributed by atoms with Crippen molar-refractivity contribution < 1.29 is 4.74 Å². The van der Waals surface area contributed by atoms with Crippen molar-refractivity contribution in [2.75, 3.05) is 0 Å². The topological polar surface area (TPSA) is 9.23 Å². The Morgan fingerprint density at radius 3 is 1.86 bits per heavy atom. The van der Waals surface area contributed by atoms with Crippen LogP contribution in [0.5, 0.6) is 0 Å². The van der Waals surface area contributed by atoms with Crippen LogP contribution < -0.4 is 0 Å². The van der Waals surface area contributed by atoms with Crippen LogP contribution in [0.15, 0.2) is 0 Å². The van der Waals surface area contributed by atoms with Gasteiger partial charge in [-0.15, -0.1) is 0 Å². The molecule has 0 rings (SSSR count). The van der Waals surface area contributed by atoms with Crippen LogP contribution in [0.2, 0.25) is 0 Å². The van der Waals surface area contributed by atoms with Crippen LogP contribution in [0, 0.1) is 12.5 Å². The molecule has 1 nitrogen and oxygen atoms in total. The summed E-state index contributed by atoms with van der Waals surface area (Å²) < 4.78 is 4.76. The number of hydrogen-bond acceptors (Lipinski definition) is 1. The SMILES string of the molecule is C#COC(C)(C)C. The molecule has 1 heteroatoms. The Morgan fingerprint density at radius 1 is 1.43 bits per heavy atom. The molecule has 0 N–H and O–H groups in total. The summed E-state index contributed by atoms with van der Waals surface area (Å²) in [4.78, 5) is 0. The van der Waals surface area contributed by atoms with Crippen LogP contribution in [0.3, 0.4) is 0 Å². The van der Waals surface area contributed by atoms with Crippen molar-refractivity contribution in [1.82, 2.24) is 0 Å². The van der Waals surface area contributed by atoms with Crippen molar-refractivity contribution in [2.24, 2.45) is 0 Å². The maximum atomic E-state index is 4.84. The van der Waals surface area contributed by atoms with Crippen molar-refractivity contribution in [3.05, 3.63) is 0 Å². The predicted molar refractivity (Wildman–Crippen MR) is 29.7 cm³/mol. The van der Waals surface area contributed by atoms with E-state index < -0.39 is 0 Å². The molecule has 0 fully saturated rings. The fraction of sp³-hybridized carbons (Fsp3) is 0.667. The second-order valence-electron chi connectivity index (χ2n) is 2.33. The first-order chi connectivity index (χ1) is 3.06. The predicted octanol–water partition coefficient (Wildman–Crippen LogP) is 1.39. The Hall–Kier alpha value is -0.640. The standard InChI is InChI=1S/C6H10O/c1-5-7-6(2,3)4/h1H,2-4H3. The van der Waals surface area contributed by atoms with Crippen LogP contribution in [-0.2, 0) is 4.74 Å². The summed E-state index contributed by atoms with van der Waals surface area (Å²) in [5.74, 6) is 0. The molecule has 0 aliphatic carbocycles. The van der Waals surface area contributed by atoms with Gasteiger partial charge in [0.25, 0.3) is 0 Å². The fourth-order valence-electron chi connectivity index (χ4n) is 0.177. The third-order valence-corrected chi connectivity index (χ3v) is 0.365. The van der Waals surface area contributed by atoms with Crippen molar-refractivity contribution >= 4 is 0 Å². The van der Waals surface area contributed by atoms with Crippen LogP contribution in [0.1, 0.15) is 20.8 Å². The molecule has 0 aliphatic heterocycles. The van der Waals surface area contributed by atoms with Crippen LogP contribution in [0.25, 0.3) is 0 Å². The van der Waals surface area contributed by atoms with Crippen LogP contribution in [-0.4, -0.2) is 5.60 Å². The molecule has 0 unspecified atom stereocenters. The molecule has 0 aromatic heterocycles. The minimum absolute atomic E-state index is 0.186. The zero-order chi connectivity index (χ0) is 5.91. The highest BCUT2D eigenvalue weighted by atomic mass is 16.5. The molecular formula is C6H10O. The lowest BCUT2D eigenvalue weighted by Gasteiger charge is -2.13. The van der Waals surface area contributed by atoms with E-state index in [4.69, 9.17) is 11.2 Å². The van der Waals surface area contributed by atoms with Gasteiger partial charge in [0.05, 0.1) is 0 Å². The Morgan fingerprint density at radius 2 is 1.86 bits per heavy atom. The summed E-state index contributed by atoms with van der Waals surface area (Å²) in [5, 5.41) is 0. The molecule has 0 aromatic rings. The third kappa shape index (κ3) is 5.36. The fourth-order valence-corrected chi connectivity index (χ4v) is 0.177. The zero-order valence-electron chi connectivity index (χ0n) is 4.99. The Kier molecular flexibility index (Phi) is 1.71. The van der Waals surface area contributed by atoms with Crippen molar-refractivity contribution in [1.29, 1.82) is 0 Å². The van der Waals surface area contributed by atoms with Gasteiger partial charge in [0, 0.05) is 0 Å². The average molecular weight is 98.1 g/mol. The lowest BCUT2D eigenvalue weighted by atomic mass is 10.2. The van der Waals surface area contributed by atoms with Crippen molar-refractivity contribution in [3.63, 3.8) is 0 Å². The van der Waals surface area contributed by atoms with Gasteiger partial charge in [-0.1, -0.05) is 6.42 Å². The lowest BCUT2D eigenvalue weighted by molar-refractivity contribution is 0.0967. The summed E-state index contributed by atoms with van der Waals surface area (Å²) in [7, 11) is 0. The van der Waals surface area contributed by atoms with E-state index in [2.05, 4.69) is 6.11 Å². The molecule has 0 atom stereocenters. The normalized spacial score (nSPS) is 10.0. The van der Waals surface area contributed by atoms with E-state index in [0.717, 1.165) is 0 Å². The highest BCUT2D eigenvalue weighted by Gasteiger charge is 2.07. The molecule has 40 valence electrons. The minimum Gasteiger partial charge on any atom is -0.441 e. The summed E-state index contributed by atoms with van der Waals surface area (Å²) in [5.41, 5.74) is -0.186. The van der Waals surface area contributed by atoms with Gasteiger partial charge < -0.3 is 4.74 Å². The Balaban J connectivity index is 3.40. The lowest BCUT2D eigenvalue weighted by Crippen LogP contribution is -2.15. The summed E-state index contributed by atoms with van der Waals surface area (Å²) in [6.07, 6.45) is 6.95. The van der Waals surface area contributed by atoms with Gasteiger partial charge >= 0.3 is 0 Å². The number of hydrogen-bond donors (Lipinski definition) is 0. The Labute approximate surface area is 44.7 Å². The van der Waals surface area contributed by atoms with Crippen molar-refractivity contribution in [3.8, 4) is 12.5 Å². The molecule has 0 amide bonds. The quantitative estimate of drug-likeness (QED) is 0.416. The van der Waals surface area contributed by atoms with Gasteiger partial charge in [-0.2, -0.15) is 0 Å². The minimum atomic E-state index is -0.186. The highest BCUT2D eigenvalue weighted by molar-refractivity contribution is 4.74. The third-order valence-electron chi connectivity index (χ3n) is 0.365. The molecule has 0 radical (unpaired) electrons. The molecule has 0 heterocycles. The van der Waals surface area contributed by atoms with Gasteiger partial charge in [0.15, 0.2) is 0 Å². The average Bonchev–Trinajstić information content (AvgIpc) is 1.30. The molecule has 0 aliphatic rings.